The molecule has 12 heteroatoms. The predicted octanol–water partition coefficient (Wildman–Crippen LogP) is 5.88. The third-order valence-electron chi connectivity index (χ3n) is 11.4. The number of aliphatic imine (C=N–C) groups is 3. The van der Waals surface area contributed by atoms with Crippen LogP contribution >= 0.6 is 0 Å². The molecule has 1 aromatic rings. The zero-order valence-electron chi connectivity index (χ0n) is 29.1. The predicted molar refractivity (Wildman–Crippen MR) is 183 cm³/mol. The fraction of sp³-hybridized carbons (Fsp3) is 0.833. The van der Waals surface area contributed by atoms with Crippen molar-refractivity contribution < 1.29 is 14.4 Å². The molecule has 264 valence electrons. The summed E-state index contributed by atoms with van der Waals surface area (Å²) in [5.41, 5.74) is -1.92. The van der Waals surface area contributed by atoms with Crippen LogP contribution in [0.1, 0.15) is 154 Å². The van der Waals surface area contributed by atoms with Gasteiger partial charge in [-0.3, -0.25) is 0 Å². The first-order chi connectivity index (χ1) is 23.2. The number of rotatable bonds is 15. The van der Waals surface area contributed by atoms with Crippen LogP contribution < -0.4 is 17.1 Å². The van der Waals surface area contributed by atoms with Crippen molar-refractivity contribution >= 4 is 18.2 Å². The van der Waals surface area contributed by atoms with Gasteiger partial charge in [-0.05, 0) is 96.3 Å². The molecular weight excluding hydrogens is 612 g/mol. The third-order valence-corrected chi connectivity index (χ3v) is 11.4. The second kappa shape index (κ2) is 18.4. The van der Waals surface area contributed by atoms with E-state index in [1.54, 1.807) is 39.0 Å². The van der Waals surface area contributed by atoms with E-state index in [4.69, 9.17) is 0 Å². The summed E-state index contributed by atoms with van der Waals surface area (Å²) in [6, 6.07) is -3.19. The number of nitrogens with zero attached hydrogens (tertiary/aromatic N) is 6. The van der Waals surface area contributed by atoms with Gasteiger partial charge in [0.25, 0.3) is 0 Å². The number of hydrogen-bond donors (Lipinski definition) is 0. The largest absolute Gasteiger partial charge is 0.336 e. The molecule has 0 aromatic carbocycles. The highest BCUT2D eigenvalue weighted by molar-refractivity contribution is 5.34. The van der Waals surface area contributed by atoms with E-state index in [1.807, 2.05) is 0 Å². The van der Waals surface area contributed by atoms with Crippen LogP contribution in [0.25, 0.3) is 0 Å². The van der Waals surface area contributed by atoms with Gasteiger partial charge in [0.1, 0.15) is 0 Å². The molecule has 0 radical (unpaired) electrons. The van der Waals surface area contributed by atoms with Crippen LogP contribution in [0, 0.1) is 17.8 Å². The van der Waals surface area contributed by atoms with Crippen molar-refractivity contribution in [2.24, 2.45) is 32.7 Å². The van der Waals surface area contributed by atoms with Crippen LogP contribution in [0.4, 0.5) is 0 Å². The molecule has 48 heavy (non-hydrogen) atoms. The maximum absolute atomic E-state index is 15.0. The molecular formula is C36H54N6O6. The van der Waals surface area contributed by atoms with Gasteiger partial charge in [0.2, 0.25) is 18.2 Å². The van der Waals surface area contributed by atoms with Crippen molar-refractivity contribution in [3.8, 4) is 0 Å². The maximum Gasteiger partial charge on any atom is 0.336 e. The molecule has 1 heterocycles. The summed E-state index contributed by atoms with van der Waals surface area (Å²) in [5.74, 6) is -0.0242. The first-order valence-corrected chi connectivity index (χ1v) is 18.4. The minimum Gasteiger partial charge on any atom is -0.247 e. The Labute approximate surface area is 282 Å². The lowest BCUT2D eigenvalue weighted by Gasteiger charge is -2.37. The van der Waals surface area contributed by atoms with Gasteiger partial charge in [0.05, 0.1) is 18.1 Å². The summed E-state index contributed by atoms with van der Waals surface area (Å²) in [5, 5.41) is 0. The average Bonchev–Trinajstić information content (AvgIpc) is 3.08. The van der Waals surface area contributed by atoms with Gasteiger partial charge in [0, 0.05) is 18.1 Å². The minimum atomic E-state index is -0.640. The lowest BCUT2D eigenvalue weighted by atomic mass is 9.80. The Kier molecular flexibility index (Phi) is 14.3. The Morgan fingerprint density at radius 3 is 0.917 bits per heavy atom. The molecule has 3 fully saturated rings. The fourth-order valence-electron chi connectivity index (χ4n) is 9.00. The molecule has 0 amide bonds. The Balaban J connectivity index is 2.06. The molecule has 12 nitrogen and oxygen atoms in total. The van der Waals surface area contributed by atoms with Crippen LogP contribution in [-0.2, 0) is 14.4 Å². The second-order valence-electron chi connectivity index (χ2n) is 14.8. The molecule has 0 spiro atoms. The summed E-state index contributed by atoms with van der Waals surface area (Å²) >= 11 is 0. The zero-order valence-corrected chi connectivity index (χ0v) is 29.1. The smallest absolute Gasteiger partial charge is 0.247 e. The van der Waals surface area contributed by atoms with Crippen LogP contribution in [0.5, 0.6) is 0 Å². The molecule has 1 aromatic heterocycles. The van der Waals surface area contributed by atoms with Crippen molar-refractivity contribution in [2.75, 3.05) is 0 Å². The summed E-state index contributed by atoms with van der Waals surface area (Å²) < 4.78 is 3.96. The SMILES string of the molecule is CC(CC(C1CCCCC1)n1c(=O)n(C(CC(C)N=C=O)C2CCCCC2)c(=O)n(C(CC(C)N=C=O)C2CCCCC2)c1=O)N=C=O. The number of carbonyl (C=O) groups excluding carboxylic acids is 3. The zero-order chi connectivity index (χ0) is 34.6. The maximum atomic E-state index is 15.0. The molecule has 3 aliphatic carbocycles. The Hall–Kier alpha value is -3.45. The third kappa shape index (κ3) is 9.16. The summed E-state index contributed by atoms with van der Waals surface area (Å²) in [4.78, 5) is 90.6. The van der Waals surface area contributed by atoms with E-state index in [2.05, 4.69) is 15.0 Å². The monoisotopic (exact) mass is 666 g/mol. The standard InChI is InChI=1S/C36H54N6O6/c1-25(37-22-43)19-31(28-13-7-4-8-14-28)40-34(46)41(32(20-26(2)38-23-44)29-15-9-5-10-16-29)36(48)42(35(40)47)33(21-27(3)39-24-45)30-17-11-6-12-18-30/h25-33H,4-21H2,1-3H3. The molecule has 4 rings (SSSR count). The van der Waals surface area contributed by atoms with E-state index in [9.17, 15) is 28.8 Å². The van der Waals surface area contributed by atoms with Gasteiger partial charge in [-0.2, -0.15) is 0 Å². The van der Waals surface area contributed by atoms with Crippen LogP contribution in [0.3, 0.4) is 0 Å². The average molecular weight is 667 g/mol. The first-order valence-electron chi connectivity index (χ1n) is 18.4. The van der Waals surface area contributed by atoms with Crippen molar-refractivity contribution in [3.05, 3.63) is 31.5 Å². The number of aromatic nitrogens is 3. The highest BCUT2D eigenvalue weighted by Crippen LogP contribution is 2.38. The van der Waals surface area contributed by atoms with Crippen molar-refractivity contribution in [1.82, 2.24) is 13.7 Å². The quantitative estimate of drug-likeness (QED) is 0.168. The number of hydrogen-bond acceptors (Lipinski definition) is 9. The van der Waals surface area contributed by atoms with Crippen LogP contribution in [-0.4, -0.2) is 50.1 Å². The Bertz CT molecular complexity index is 1320. The number of isocyanates is 3. The topological polar surface area (TPSA) is 154 Å². The molecule has 6 atom stereocenters. The van der Waals surface area contributed by atoms with Crippen LogP contribution in [0.2, 0.25) is 0 Å². The Morgan fingerprint density at radius 2 is 0.708 bits per heavy atom. The lowest BCUT2D eigenvalue weighted by molar-refractivity contribution is 0.163. The normalized spacial score (nSPS) is 21.8. The molecule has 0 N–H and O–H groups in total. The van der Waals surface area contributed by atoms with Gasteiger partial charge >= 0.3 is 17.1 Å². The van der Waals surface area contributed by atoms with E-state index in [0.717, 1.165) is 96.3 Å². The molecule has 3 aliphatic rings. The molecule has 3 saturated carbocycles. The van der Waals surface area contributed by atoms with Gasteiger partial charge in [-0.15, -0.1) is 0 Å². The molecule has 0 bridgehead atoms. The summed E-state index contributed by atoms with van der Waals surface area (Å²) in [7, 11) is 0. The molecule has 0 aliphatic heterocycles. The highest BCUT2D eigenvalue weighted by Gasteiger charge is 2.38. The van der Waals surface area contributed by atoms with Gasteiger partial charge < -0.3 is 0 Å². The minimum absolute atomic E-state index is 0.00807. The summed E-state index contributed by atoms with van der Waals surface area (Å²) in [6.45, 7) is 5.36. The van der Waals surface area contributed by atoms with Gasteiger partial charge in [-0.1, -0.05) is 57.8 Å². The van der Waals surface area contributed by atoms with E-state index >= 15 is 0 Å². The van der Waals surface area contributed by atoms with E-state index < -0.39 is 53.3 Å². The van der Waals surface area contributed by atoms with Gasteiger partial charge in [-0.25, -0.2) is 57.4 Å². The van der Waals surface area contributed by atoms with E-state index in [1.165, 1.54) is 13.7 Å². The van der Waals surface area contributed by atoms with Crippen molar-refractivity contribution in [3.63, 3.8) is 0 Å². The second-order valence-corrected chi connectivity index (χ2v) is 14.8. The van der Waals surface area contributed by atoms with Crippen molar-refractivity contribution in [1.29, 1.82) is 0 Å². The summed E-state index contributed by atoms with van der Waals surface area (Å²) in [6.07, 6.45) is 19.7. The molecule has 6 unspecified atom stereocenters. The Morgan fingerprint density at radius 1 is 0.479 bits per heavy atom. The highest BCUT2D eigenvalue weighted by atomic mass is 16.2. The fourth-order valence-corrected chi connectivity index (χ4v) is 9.00. The molecule has 0 saturated heterocycles. The van der Waals surface area contributed by atoms with Crippen LogP contribution in [0.15, 0.2) is 29.4 Å². The lowest BCUT2D eigenvalue weighted by Crippen LogP contribution is -2.59. The first kappa shape index (κ1) is 37.4. The van der Waals surface area contributed by atoms with E-state index in [0.29, 0.717) is 0 Å². The van der Waals surface area contributed by atoms with Crippen molar-refractivity contribution in [2.45, 2.75) is 173 Å². The van der Waals surface area contributed by atoms with Gasteiger partial charge in [0.15, 0.2) is 0 Å². The van der Waals surface area contributed by atoms with E-state index in [-0.39, 0.29) is 37.0 Å².